The zero-order valence-corrected chi connectivity index (χ0v) is 18.2. The molecular formula is C23H27ClN2O4. The first-order valence-electron chi connectivity index (χ1n) is 10.1. The fourth-order valence-corrected chi connectivity index (χ4v) is 3.47. The topological polar surface area (TPSA) is 76.7 Å². The van der Waals surface area contributed by atoms with Crippen molar-refractivity contribution in [3.8, 4) is 5.75 Å². The first-order valence-corrected chi connectivity index (χ1v) is 10.5. The molecule has 0 aromatic heterocycles. The van der Waals surface area contributed by atoms with Gasteiger partial charge in [-0.25, -0.2) is 0 Å². The molecule has 2 aromatic carbocycles. The van der Waals surface area contributed by atoms with Crippen LogP contribution in [0.1, 0.15) is 41.3 Å². The molecule has 7 heteroatoms. The van der Waals surface area contributed by atoms with Gasteiger partial charge in [0.2, 0.25) is 0 Å². The average molecular weight is 431 g/mol. The minimum absolute atomic E-state index is 0.0513. The van der Waals surface area contributed by atoms with Gasteiger partial charge in [-0.15, -0.1) is 0 Å². The van der Waals surface area contributed by atoms with E-state index >= 15 is 0 Å². The van der Waals surface area contributed by atoms with E-state index in [1.807, 2.05) is 13.8 Å². The van der Waals surface area contributed by atoms with E-state index in [-0.39, 0.29) is 17.9 Å². The predicted octanol–water partition coefficient (Wildman–Crippen LogP) is 4.27. The predicted molar refractivity (Wildman–Crippen MR) is 117 cm³/mol. The number of carbonyl (C=O) groups excluding carboxylic acids is 2. The summed E-state index contributed by atoms with van der Waals surface area (Å²) >= 11 is 6.19. The lowest BCUT2D eigenvalue weighted by molar-refractivity contribution is -0.122. The van der Waals surface area contributed by atoms with Crippen molar-refractivity contribution >= 4 is 29.1 Å². The van der Waals surface area contributed by atoms with Crippen molar-refractivity contribution < 1.29 is 19.1 Å². The Hall–Kier alpha value is -2.57. The number of hydrogen-bond donors (Lipinski definition) is 2. The van der Waals surface area contributed by atoms with Gasteiger partial charge >= 0.3 is 0 Å². The van der Waals surface area contributed by atoms with Crippen LogP contribution < -0.4 is 15.4 Å². The highest BCUT2D eigenvalue weighted by Gasteiger charge is 2.21. The summed E-state index contributed by atoms with van der Waals surface area (Å²) in [5, 5.41) is 6.36. The van der Waals surface area contributed by atoms with E-state index in [9.17, 15) is 9.59 Å². The largest absolute Gasteiger partial charge is 0.481 e. The molecule has 6 nitrogen and oxygen atoms in total. The third-order valence-electron chi connectivity index (χ3n) is 5.04. The lowest BCUT2D eigenvalue weighted by Gasteiger charge is -2.18. The van der Waals surface area contributed by atoms with E-state index in [0.29, 0.717) is 28.6 Å². The van der Waals surface area contributed by atoms with E-state index in [0.717, 1.165) is 30.6 Å². The lowest BCUT2D eigenvalue weighted by atomic mass is 10.1. The number of hydrogen-bond acceptors (Lipinski definition) is 4. The van der Waals surface area contributed by atoms with Crippen molar-refractivity contribution in [2.45, 2.75) is 45.8 Å². The highest BCUT2D eigenvalue weighted by atomic mass is 35.5. The molecule has 0 unspecified atom stereocenters. The molecule has 0 bridgehead atoms. The van der Waals surface area contributed by atoms with Crippen LogP contribution in [0, 0.1) is 13.8 Å². The minimum Gasteiger partial charge on any atom is -0.481 e. The highest BCUT2D eigenvalue weighted by Crippen LogP contribution is 2.26. The van der Waals surface area contributed by atoms with E-state index in [4.69, 9.17) is 21.1 Å². The minimum atomic E-state index is -0.756. The lowest BCUT2D eigenvalue weighted by Crippen LogP contribution is -2.34. The third-order valence-corrected chi connectivity index (χ3v) is 5.63. The van der Waals surface area contributed by atoms with E-state index in [1.165, 1.54) is 0 Å². The number of aryl methyl sites for hydroxylation is 2. The first kappa shape index (κ1) is 22.1. The number of nitrogens with one attached hydrogen (secondary N) is 2. The van der Waals surface area contributed by atoms with E-state index in [2.05, 4.69) is 10.6 Å². The second kappa shape index (κ2) is 9.96. The Balaban J connectivity index is 1.63. The number of halogens is 1. The van der Waals surface area contributed by atoms with Gasteiger partial charge in [-0.3, -0.25) is 9.59 Å². The summed E-state index contributed by atoms with van der Waals surface area (Å²) in [5.41, 5.74) is 2.60. The Kier molecular flexibility index (Phi) is 7.34. The zero-order valence-electron chi connectivity index (χ0n) is 17.5. The molecule has 1 aliphatic heterocycles. The summed E-state index contributed by atoms with van der Waals surface area (Å²) in [5.74, 6) is -0.0294. The van der Waals surface area contributed by atoms with Crippen molar-refractivity contribution in [2.75, 3.05) is 18.5 Å². The molecule has 3 rings (SSSR count). The number of amides is 2. The van der Waals surface area contributed by atoms with Gasteiger partial charge in [-0.05, 0) is 69.0 Å². The third kappa shape index (κ3) is 5.52. The Labute approximate surface area is 181 Å². The normalized spacial score (nSPS) is 16.7. The molecule has 2 aromatic rings. The van der Waals surface area contributed by atoms with Crippen molar-refractivity contribution in [2.24, 2.45) is 0 Å². The van der Waals surface area contributed by atoms with Gasteiger partial charge in [0.15, 0.2) is 6.10 Å². The van der Waals surface area contributed by atoms with Crippen LogP contribution in [0.3, 0.4) is 0 Å². The Morgan fingerprint density at radius 1 is 1.23 bits per heavy atom. The van der Waals surface area contributed by atoms with Crippen LogP contribution >= 0.6 is 11.6 Å². The zero-order chi connectivity index (χ0) is 21.7. The molecular weight excluding hydrogens is 404 g/mol. The van der Waals surface area contributed by atoms with E-state index < -0.39 is 6.10 Å². The molecule has 2 N–H and O–H groups in total. The summed E-state index contributed by atoms with van der Waals surface area (Å²) in [6.07, 6.45) is 1.25. The maximum atomic E-state index is 12.7. The van der Waals surface area contributed by atoms with Crippen molar-refractivity contribution in [3.05, 3.63) is 58.1 Å². The van der Waals surface area contributed by atoms with Crippen LogP contribution in [0.2, 0.25) is 5.02 Å². The molecule has 0 spiro atoms. The van der Waals surface area contributed by atoms with Gasteiger partial charge in [-0.1, -0.05) is 23.7 Å². The summed E-state index contributed by atoms with van der Waals surface area (Å²) in [7, 11) is 0. The standard InChI is InChI=1S/C23H27ClN2O4/c1-14-11-18(12-15(2)21(14)24)30-16(3)22(27)26-20-9-5-4-8-19(20)23(28)25-13-17-7-6-10-29-17/h4-5,8-9,11-12,16-17H,6-7,10,13H2,1-3H3,(H,25,28)(H,26,27)/t16-,17-/m1/s1. The summed E-state index contributed by atoms with van der Waals surface area (Å²) < 4.78 is 11.3. The van der Waals surface area contributed by atoms with Crippen LogP contribution in [-0.2, 0) is 9.53 Å². The van der Waals surface area contributed by atoms with Gasteiger partial charge in [0.05, 0.1) is 17.4 Å². The van der Waals surface area contributed by atoms with Crippen LogP contribution in [0.15, 0.2) is 36.4 Å². The van der Waals surface area contributed by atoms with Gasteiger partial charge in [0.1, 0.15) is 5.75 Å². The Morgan fingerprint density at radius 3 is 2.60 bits per heavy atom. The van der Waals surface area contributed by atoms with Crippen LogP contribution in [0.4, 0.5) is 5.69 Å². The average Bonchev–Trinajstić information content (AvgIpc) is 3.24. The van der Waals surface area contributed by atoms with Gasteiger partial charge in [0.25, 0.3) is 11.8 Å². The number of carbonyl (C=O) groups is 2. The van der Waals surface area contributed by atoms with Crippen LogP contribution in [0.5, 0.6) is 5.75 Å². The first-order chi connectivity index (χ1) is 14.3. The van der Waals surface area contributed by atoms with Crippen molar-refractivity contribution in [3.63, 3.8) is 0 Å². The highest BCUT2D eigenvalue weighted by molar-refractivity contribution is 6.32. The molecule has 0 saturated carbocycles. The molecule has 1 fully saturated rings. The summed E-state index contributed by atoms with van der Waals surface area (Å²) in [6.45, 7) is 6.62. The molecule has 1 heterocycles. The number of benzene rings is 2. The fraction of sp³-hybridized carbons (Fsp3) is 0.391. The molecule has 1 aliphatic rings. The second-order valence-electron chi connectivity index (χ2n) is 7.51. The smallest absolute Gasteiger partial charge is 0.265 e. The molecule has 0 aliphatic carbocycles. The Bertz CT molecular complexity index is 902. The van der Waals surface area contributed by atoms with Gasteiger partial charge in [0, 0.05) is 18.2 Å². The molecule has 30 heavy (non-hydrogen) atoms. The summed E-state index contributed by atoms with van der Waals surface area (Å²) in [4.78, 5) is 25.3. The molecule has 2 atom stereocenters. The number of anilines is 1. The van der Waals surface area contributed by atoms with Crippen molar-refractivity contribution in [1.82, 2.24) is 5.32 Å². The van der Waals surface area contributed by atoms with Gasteiger partial charge in [-0.2, -0.15) is 0 Å². The summed E-state index contributed by atoms with van der Waals surface area (Å²) in [6, 6.07) is 10.5. The second-order valence-corrected chi connectivity index (χ2v) is 7.89. The molecule has 2 amide bonds. The fourth-order valence-electron chi connectivity index (χ4n) is 3.36. The molecule has 160 valence electrons. The molecule has 1 saturated heterocycles. The monoisotopic (exact) mass is 430 g/mol. The quantitative estimate of drug-likeness (QED) is 0.687. The van der Waals surface area contributed by atoms with Gasteiger partial charge < -0.3 is 20.1 Å². The number of rotatable bonds is 7. The Morgan fingerprint density at radius 2 is 1.93 bits per heavy atom. The van der Waals surface area contributed by atoms with E-state index in [1.54, 1.807) is 43.3 Å². The molecule has 0 radical (unpaired) electrons. The number of ether oxygens (including phenoxy) is 2. The number of para-hydroxylation sites is 1. The van der Waals surface area contributed by atoms with Crippen LogP contribution in [0.25, 0.3) is 0 Å². The van der Waals surface area contributed by atoms with Crippen LogP contribution in [-0.4, -0.2) is 37.2 Å². The van der Waals surface area contributed by atoms with Crippen molar-refractivity contribution in [1.29, 1.82) is 0 Å². The SMILES string of the molecule is Cc1cc(O[C@H](C)C(=O)Nc2ccccc2C(=O)NC[C@H]2CCCO2)cc(C)c1Cl. The maximum Gasteiger partial charge on any atom is 0.265 e. The maximum absolute atomic E-state index is 12.7.